The number of carbonyl (C=O) groups is 1. The highest BCUT2D eigenvalue weighted by molar-refractivity contribution is 9.09. The van der Waals surface area contributed by atoms with Gasteiger partial charge in [0.1, 0.15) is 12.8 Å². The van der Waals surface area contributed by atoms with Gasteiger partial charge in [0.05, 0.1) is 10.9 Å². The van der Waals surface area contributed by atoms with Crippen LogP contribution in [-0.4, -0.2) is 35.3 Å². The third kappa shape index (κ3) is 2.69. The molecule has 20 heavy (non-hydrogen) atoms. The summed E-state index contributed by atoms with van der Waals surface area (Å²) >= 11 is 3.67. The Balaban J connectivity index is 1.86. The SMILES string of the molecule is O=C1OC[C@@H](c2ccccc2)N1[C@@H]1OCCCC[C@H]1Br. The molecule has 3 rings (SSSR count). The Hall–Kier alpha value is -1.07. The number of ether oxygens (including phenoxy) is 2. The molecule has 108 valence electrons. The van der Waals surface area contributed by atoms with Crippen molar-refractivity contribution < 1.29 is 14.3 Å². The van der Waals surface area contributed by atoms with Crippen molar-refractivity contribution in [2.45, 2.75) is 36.4 Å². The first-order valence-corrected chi connectivity index (χ1v) is 7.94. The fourth-order valence-corrected chi connectivity index (χ4v) is 3.52. The van der Waals surface area contributed by atoms with E-state index in [1.807, 2.05) is 30.3 Å². The van der Waals surface area contributed by atoms with Gasteiger partial charge in [0.2, 0.25) is 0 Å². The molecular weight excluding hydrogens is 322 g/mol. The van der Waals surface area contributed by atoms with E-state index in [9.17, 15) is 4.79 Å². The molecule has 0 radical (unpaired) electrons. The fraction of sp³-hybridized carbons (Fsp3) is 0.533. The van der Waals surface area contributed by atoms with Gasteiger partial charge in [-0.05, 0) is 24.8 Å². The van der Waals surface area contributed by atoms with E-state index in [0.29, 0.717) is 13.2 Å². The molecule has 5 heteroatoms. The van der Waals surface area contributed by atoms with Crippen LogP contribution >= 0.6 is 15.9 Å². The van der Waals surface area contributed by atoms with Crippen LogP contribution < -0.4 is 0 Å². The molecule has 0 spiro atoms. The molecule has 0 aromatic heterocycles. The van der Waals surface area contributed by atoms with Crippen LogP contribution in [0, 0.1) is 0 Å². The Morgan fingerprint density at radius 2 is 2.00 bits per heavy atom. The van der Waals surface area contributed by atoms with E-state index in [1.165, 1.54) is 0 Å². The van der Waals surface area contributed by atoms with E-state index in [4.69, 9.17) is 9.47 Å². The van der Waals surface area contributed by atoms with Crippen molar-refractivity contribution in [2.75, 3.05) is 13.2 Å². The van der Waals surface area contributed by atoms with Gasteiger partial charge >= 0.3 is 6.09 Å². The first-order valence-electron chi connectivity index (χ1n) is 7.03. The third-order valence-corrected chi connectivity index (χ3v) is 4.75. The minimum atomic E-state index is -0.282. The normalized spacial score (nSPS) is 30.9. The summed E-state index contributed by atoms with van der Waals surface area (Å²) in [5.41, 5.74) is 1.09. The quantitative estimate of drug-likeness (QED) is 0.774. The molecule has 2 heterocycles. The lowest BCUT2D eigenvalue weighted by molar-refractivity contribution is -0.0383. The Labute approximate surface area is 127 Å². The van der Waals surface area contributed by atoms with Gasteiger partial charge < -0.3 is 9.47 Å². The van der Waals surface area contributed by atoms with Gasteiger partial charge in [0, 0.05) is 6.61 Å². The minimum Gasteiger partial charge on any atom is -0.447 e. The van der Waals surface area contributed by atoms with Crippen LogP contribution in [-0.2, 0) is 9.47 Å². The highest BCUT2D eigenvalue weighted by atomic mass is 79.9. The van der Waals surface area contributed by atoms with Gasteiger partial charge in [-0.15, -0.1) is 0 Å². The standard InChI is InChI=1S/C15H18BrNO3/c16-12-8-4-5-9-19-14(12)17-13(10-20-15(17)18)11-6-2-1-3-7-11/h1-3,6-7,12-14H,4-5,8-10H2/t12-,13+,14-/m1/s1. The second-order valence-electron chi connectivity index (χ2n) is 5.18. The maximum absolute atomic E-state index is 12.1. The average molecular weight is 340 g/mol. The molecule has 2 aliphatic rings. The van der Waals surface area contributed by atoms with Crippen LogP contribution in [0.1, 0.15) is 30.9 Å². The monoisotopic (exact) mass is 339 g/mol. The van der Waals surface area contributed by atoms with Crippen LogP contribution in [0.15, 0.2) is 30.3 Å². The Kier molecular flexibility index (Phi) is 4.27. The minimum absolute atomic E-state index is 0.0631. The Morgan fingerprint density at radius 1 is 1.20 bits per heavy atom. The number of cyclic esters (lactones) is 1. The highest BCUT2D eigenvalue weighted by Crippen LogP contribution is 2.34. The van der Waals surface area contributed by atoms with Gasteiger partial charge in [0.25, 0.3) is 0 Å². The first kappa shape index (κ1) is 13.9. The van der Waals surface area contributed by atoms with Crippen molar-refractivity contribution in [1.82, 2.24) is 4.90 Å². The number of halogens is 1. The number of benzene rings is 1. The van der Waals surface area contributed by atoms with Crippen molar-refractivity contribution in [3.63, 3.8) is 0 Å². The van der Waals surface area contributed by atoms with Crippen LogP contribution in [0.25, 0.3) is 0 Å². The molecule has 1 aromatic rings. The summed E-state index contributed by atoms with van der Waals surface area (Å²) in [6.45, 7) is 1.08. The summed E-state index contributed by atoms with van der Waals surface area (Å²) in [4.78, 5) is 14.0. The molecule has 0 aliphatic carbocycles. The zero-order chi connectivity index (χ0) is 13.9. The number of hydrogen-bond acceptors (Lipinski definition) is 3. The van der Waals surface area contributed by atoms with Crippen LogP contribution in [0.4, 0.5) is 4.79 Å². The lowest BCUT2D eigenvalue weighted by Gasteiger charge is -2.32. The number of hydrogen-bond donors (Lipinski definition) is 0. The van der Waals surface area contributed by atoms with E-state index in [-0.39, 0.29) is 23.2 Å². The van der Waals surface area contributed by atoms with Crippen molar-refractivity contribution in [2.24, 2.45) is 0 Å². The predicted octanol–water partition coefficient (Wildman–Crippen LogP) is 3.47. The largest absolute Gasteiger partial charge is 0.447 e. The van der Waals surface area contributed by atoms with Crippen molar-refractivity contribution in [3.8, 4) is 0 Å². The van der Waals surface area contributed by atoms with Gasteiger partial charge in [0.15, 0.2) is 0 Å². The highest BCUT2D eigenvalue weighted by Gasteiger charge is 2.42. The summed E-state index contributed by atoms with van der Waals surface area (Å²) in [6, 6.07) is 9.93. The maximum Gasteiger partial charge on any atom is 0.412 e. The smallest absolute Gasteiger partial charge is 0.412 e. The summed E-state index contributed by atoms with van der Waals surface area (Å²) in [7, 11) is 0. The predicted molar refractivity (Wildman–Crippen MR) is 78.7 cm³/mol. The Morgan fingerprint density at radius 3 is 2.80 bits per heavy atom. The molecular formula is C15H18BrNO3. The molecule has 4 nitrogen and oxygen atoms in total. The van der Waals surface area contributed by atoms with Gasteiger partial charge in [-0.2, -0.15) is 0 Å². The molecule has 2 aliphatic heterocycles. The number of rotatable bonds is 2. The molecule has 3 atom stereocenters. The summed E-state index contributed by atoms with van der Waals surface area (Å²) < 4.78 is 11.2. The van der Waals surface area contributed by atoms with Crippen LogP contribution in [0.2, 0.25) is 0 Å². The van der Waals surface area contributed by atoms with Crippen LogP contribution in [0.3, 0.4) is 0 Å². The van der Waals surface area contributed by atoms with E-state index in [1.54, 1.807) is 4.90 Å². The molecule has 2 saturated heterocycles. The van der Waals surface area contributed by atoms with E-state index in [2.05, 4.69) is 15.9 Å². The lowest BCUT2D eigenvalue weighted by atomic mass is 10.1. The molecule has 0 saturated carbocycles. The van der Waals surface area contributed by atoms with E-state index in [0.717, 1.165) is 24.8 Å². The van der Waals surface area contributed by atoms with Crippen molar-refractivity contribution >= 4 is 22.0 Å². The number of carbonyl (C=O) groups excluding carboxylic acids is 1. The summed E-state index contributed by atoms with van der Waals surface area (Å²) in [5, 5.41) is 0. The van der Waals surface area contributed by atoms with E-state index >= 15 is 0 Å². The molecule has 0 N–H and O–H groups in total. The topological polar surface area (TPSA) is 38.8 Å². The summed E-state index contributed by atoms with van der Waals surface area (Å²) in [6.07, 6.45) is 2.63. The first-order chi connectivity index (χ1) is 9.77. The molecule has 0 bridgehead atoms. The zero-order valence-corrected chi connectivity index (χ0v) is 12.8. The molecule has 1 aromatic carbocycles. The van der Waals surface area contributed by atoms with Crippen molar-refractivity contribution in [1.29, 1.82) is 0 Å². The number of amides is 1. The average Bonchev–Trinajstić information content (AvgIpc) is 2.72. The second kappa shape index (κ2) is 6.14. The second-order valence-corrected chi connectivity index (χ2v) is 6.36. The number of nitrogens with zero attached hydrogens (tertiary/aromatic N) is 1. The summed E-state index contributed by atoms with van der Waals surface area (Å²) in [5.74, 6) is 0. The van der Waals surface area contributed by atoms with E-state index < -0.39 is 0 Å². The fourth-order valence-electron chi connectivity index (χ4n) is 2.79. The maximum atomic E-state index is 12.1. The molecule has 1 amide bonds. The Bertz CT molecular complexity index is 467. The third-order valence-electron chi connectivity index (χ3n) is 3.84. The molecule has 2 fully saturated rings. The lowest BCUT2D eigenvalue weighted by Crippen LogP contribution is -2.44. The van der Waals surface area contributed by atoms with Gasteiger partial charge in [-0.25, -0.2) is 4.79 Å². The number of alkyl halides is 1. The van der Waals surface area contributed by atoms with Crippen LogP contribution in [0.5, 0.6) is 0 Å². The van der Waals surface area contributed by atoms with Crippen molar-refractivity contribution in [3.05, 3.63) is 35.9 Å². The van der Waals surface area contributed by atoms with Gasteiger partial charge in [-0.3, -0.25) is 4.90 Å². The van der Waals surface area contributed by atoms with Gasteiger partial charge in [-0.1, -0.05) is 46.3 Å². The molecule has 0 unspecified atom stereocenters. The zero-order valence-electron chi connectivity index (χ0n) is 11.2.